The second kappa shape index (κ2) is 8.52. The first kappa shape index (κ1) is 17.3. The Morgan fingerprint density at radius 2 is 1.42 bits per heavy atom. The molecule has 4 heteroatoms. The van der Waals surface area contributed by atoms with E-state index >= 15 is 0 Å². The molecule has 0 saturated carbocycles. The first-order valence-electron chi connectivity index (χ1n) is 8.19. The highest BCUT2D eigenvalue weighted by Gasteiger charge is 2.06. The number of amides is 2. The second-order valence-corrected chi connectivity index (χ2v) is 5.57. The Bertz CT molecular complexity index is 928. The van der Waals surface area contributed by atoms with Crippen molar-refractivity contribution in [2.45, 2.75) is 6.10 Å². The quantitative estimate of drug-likeness (QED) is 0.617. The molecule has 3 aromatic carbocycles. The van der Waals surface area contributed by atoms with Crippen molar-refractivity contribution in [2.24, 2.45) is 0 Å². The number of nitrogens with one attached hydrogen (secondary N) is 2. The van der Waals surface area contributed by atoms with Gasteiger partial charge in [0.1, 0.15) is 6.10 Å². The fraction of sp³-hybridized carbons (Fsp3) is 0.0455. The highest BCUT2D eigenvalue weighted by molar-refractivity contribution is 6.00. The van der Waals surface area contributed by atoms with Gasteiger partial charge in [-0.25, -0.2) is 4.79 Å². The van der Waals surface area contributed by atoms with Gasteiger partial charge < -0.3 is 15.7 Å². The van der Waals surface area contributed by atoms with E-state index in [2.05, 4.69) is 22.5 Å². The lowest BCUT2D eigenvalue weighted by molar-refractivity contribution is 0.238. The van der Waals surface area contributed by atoms with Gasteiger partial charge in [-0.05, 0) is 29.8 Å². The molecule has 0 fully saturated rings. The topological polar surface area (TPSA) is 61.4 Å². The highest BCUT2D eigenvalue weighted by atomic mass is 16.3. The number of rotatable bonds is 3. The van der Waals surface area contributed by atoms with Gasteiger partial charge in [-0.15, -0.1) is 0 Å². The summed E-state index contributed by atoms with van der Waals surface area (Å²) in [6, 6.07) is 25.3. The predicted molar refractivity (Wildman–Crippen MR) is 104 cm³/mol. The van der Waals surface area contributed by atoms with Crippen LogP contribution in [0.25, 0.3) is 0 Å². The maximum Gasteiger partial charge on any atom is 0.323 e. The van der Waals surface area contributed by atoms with Gasteiger partial charge >= 0.3 is 6.03 Å². The Hall–Kier alpha value is -3.55. The molecule has 0 aliphatic carbocycles. The number of carbonyl (C=O) groups is 1. The Morgan fingerprint density at radius 3 is 2.15 bits per heavy atom. The Kier molecular flexibility index (Phi) is 5.66. The molecule has 128 valence electrons. The van der Waals surface area contributed by atoms with Crippen LogP contribution in [0.15, 0.2) is 84.9 Å². The van der Waals surface area contributed by atoms with Crippen LogP contribution in [-0.2, 0) is 0 Å². The summed E-state index contributed by atoms with van der Waals surface area (Å²) in [5.74, 6) is 5.75. The van der Waals surface area contributed by atoms with Gasteiger partial charge in [-0.3, -0.25) is 0 Å². The number of urea groups is 1. The summed E-state index contributed by atoms with van der Waals surface area (Å²) in [7, 11) is 0. The summed E-state index contributed by atoms with van der Waals surface area (Å²) < 4.78 is 0. The van der Waals surface area contributed by atoms with E-state index in [-0.39, 0.29) is 6.03 Å². The van der Waals surface area contributed by atoms with Crippen LogP contribution in [0.1, 0.15) is 17.2 Å². The lowest BCUT2D eigenvalue weighted by Gasteiger charge is -2.09. The summed E-state index contributed by atoms with van der Waals surface area (Å²) in [5.41, 5.74) is 2.64. The molecule has 0 heterocycles. The van der Waals surface area contributed by atoms with Gasteiger partial charge in [0.2, 0.25) is 0 Å². The SMILES string of the molecule is O=C(Nc1ccccc1)Nc1ccccc1C#CC(O)c1ccccc1. The molecule has 0 saturated heterocycles. The van der Waals surface area contributed by atoms with Crippen molar-refractivity contribution in [3.05, 3.63) is 96.1 Å². The molecule has 0 aliphatic rings. The molecule has 2 amide bonds. The average molecular weight is 342 g/mol. The first-order chi connectivity index (χ1) is 12.7. The highest BCUT2D eigenvalue weighted by Crippen LogP contribution is 2.16. The van der Waals surface area contributed by atoms with Crippen LogP contribution >= 0.6 is 0 Å². The van der Waals surface area contributed by atoms with Gasteiger partial charge in [-0.2, -0.15) is 0 Å². The first-order valence-corrected chi connectivity index (χ1v) is 8.19. The summed E-state index contributed by atoms with van der Waals surface area (Å²) in [6.45, 7) is 0. The summed E-state index contributed by atoms with van der Waals surface area (Å²) in [5, 5.41) is 15.7. The maximum absolute atomic E-state index is 12.2. The van der Waals surface area contributed by atoms with E-state index in [0.717, 1.165) is 5.56 Å². The molecule has 0 aromatic heterocycles. The molecule has 4 nitrogen and oxygen atoms in total. The molecule has 26 heavy (non-hydrogen) atoms. The minimum absolute atomic E-state index is 0.353. The summed E-state index contributed by atoms with van der Waals surface area (Å²) in [6.07, 6.45) is -0.887. The smallest absolute Gasteiger partial charge is 0.323 e. The van der Waals surface area contributed by atoms with Crippen molar-refractivity contribution in [1.82, 2.24) is 0 Å². The fourth-order valence-corrected chi connectivity index (χ4v) is 2.37. The third-order valence-electron chi connectivity index (χ3n) is 3.67. The monoisotopic (exact) mass is 342 g/mol. The van der Waals surface area contributed by atoms with Crippen molar-refractivity contribution < 1.29 is 9.90 Å². The van der Waals surface area contributed by atoms with Crippen molar-refractivity contribution in [1.29, 1.82) is 0 Å². The molecule has 3 rings (SSSR count). The van der Waals surface area contributed by atoms with Crippen LogP contribution in [0.5, 0.6) is 0 Å². The van der Waals surface area contributed by atoms with Crippen LogP contribution < -0.4 is 10.6 Å². The number of aliphatic hydroxyl groups excluding tert-OH is 1. The fourth-order valence-electron chi connectivity index (χ4n) is 2.37. The van der Waals surface area contributed by atoms with E-state index in [4.69, 9.17) is 0 Å². The molecule has 3 N–H and O–H groups in total. The third-order valence-corrected chi connectivity index (χ3v) is 3.67. The number of hydrogen-bond donors (Lipinski definition) is 3. The van der Waals surface area contributed by atoms with Crippen LogP contribution in [0.2, 0.25) is 0 Å². The number of aliphatic hydroxyl groups is 1. The molecule has 3 aromatic rings. The van der Waals surface area contributed by atoms with Gasteiger partial charge in [0.05, 0.1) is 5.69 Å². The molecular formula is C22H18N2O2. The molecule has 0 bridgehead atoms. The minimum atomic E-state index is -0.887. The van der Waals surface area contributed by atoms with Crippen molar-refractivity contribution >= 4 is 17.4 Å². The lowest BCUT2D eigenvalue weighted by atomic mass is 10.1. The molecule has 0 aliphatic heterocycles. The summed E-state index contributed by atoms with van der Waals surface area (Å²) >= 11 is 0. The van der Waals surface area contributed by atoms with E-state index in [1.54, 1.807) is 12.1 Å². The number of hydrogen-bond acceptors (Lipinski definition) is 2. The van der Waals surface area contributed by atoms with Gasteiger partial charge in [-0.1, -0.05) is 72.5 Å². The largest absolute Gasteiger partial charge is 0.376 e. The molecule has 0 spiro atoms. The molecule has 0 radical (unpaired) electrons. The van der Waals surface area contributed by atoms with Crippen molar-refractivity contribution in [3.63, 3.8) is 0 Å². The van der Waals surface area contributed by atoms with E-state index in [1.807, 2.05) is 72.8 Å². The van der Waals surface area contributed by atoms with Crippen LogP contribution in [0, 0.1) is 11.8 Å². The molecular weight excluding hydrogens is 324 g/mol. The maximum atomic E-state index is 12.2. The molecule has 1 atom stereocenters. The van der Waals surface area contributed by atoms with Crippen molar-refractivity contribution in [2.75, 3.05) is 10.6 Å². The van der Waals surface area contributed by atoms with Gasteiger partial charge in [0, 0.05) is 11.3 Å². The van der Waals surface area contributed by atoms with E-state index in [0.29, 0.717) is 16.9 Å². The summed E-state index contributed by atoms with van der Waals surface area (Å²) in [4.78, 5) is 12.2. The minimum Gasteiger partial charge on any atom is -0.376 e. The van der Waals surface area contributed by atoms with Gasteiger partial charge in [0.25, 0.3) is 0 Å². The standard InChI is InChI=1S/C22H18N2O2/c25-21(18-10-3-1-4-11-18)16-15-17-9-7-8-14-20(17)24-22(26)23-19-12-5-2-6-13-19/h1-14,21,25H,(H2,23,24,26). The van der Waals surface area contributed by atoms with E-state index in [9.17, 15) is 9.90 Å². The molecule has 1 unspecified atom stereocenters. The lowest BCUT2D eigenvalue weighted by Crippen LogP contribution is -2.19. The predicted octanol–water partition coefficient (Wildman–Crippen LogP) is 4.42. The van der Waals surface area contributed by atoms with Gasteiger partial charge in [0.15, 0.2) is 0 Å². The zero-order chi connectivity index (χ0) is 18.2. The average Bonchev–Trinajstić information content (AvgIpc) is 2.68. The Balaban J connectivity index is 1.73. The Labute approximate surface area is 152 Å². The van der Waals surface area contributed by atoms with E-state index in [1.165, 1.54) is 0 Å². The normalized spacial score (nSPS) is 11.0. The third kappa shape index (κ3) is 4.73. The zero-order valence-corrected chi connectivity index (χ0v) is 14.0. The zero-order valence-electron chi connectivity index (χ0n) is 14.0. The van der Waals surface area contributed by atoms with Crippen LogP contribution in [0.4, 0.5) is 16.2 Å². The number of benzene rings is 3. The second-order valence-electron chi connectivity index (χ2n) is 5.57. The van der Waals surface area contributed by atoms with Crippen LogP contribution in [-0.4, -0.2) is 11.1 Å². The number of para-hydroxylation sites is 2. The van der Waals surface area contributed by atoms with Crippen LogP contribution in [0.3, 0.4) is 0 Å². The van der Waals surface area contributed by atoms with Crippen molar-refractivity contribution in [3.8, 4) is 11.8 Å². The Morgan fingerprint density at radius 1 is 0.808 bits per heavy atom. The van der Waals surface area contributed by atoms with E-state index < -0.39 is 6.10 Å². The number of anilines is 2. The number of carbonyl (C=O) groups excluding carboxylic acids is 1.